The number of sulfone groups is 1. The zero-order chi connectivity index (χ0) is 19.7. The molecule has 0 saturated carbocycles. The van der Waals surface area contributed by atoms with Crippen LogP contribution < -0.4 is 10.6 Å². The first-order valence-electron chi connectivity index (χ1n) is 8.89. The monoisotopic (exact) mass is 388 g/mol. The van der Waals surface area contributed by atoms with Gasteiger partial charge in [-0.1, -0.05) is 43.7 Å². The molecule has 2 aromatic carbocycles. The standard InChI is InChI=1S/C20H24N2O4S/c1-2-3-14-21-20(24)17-11-7-8-12-18(17)22-19(23)13-15-27(25,26)16-9-5-4-6-10-16/h4-12H,2-3,13-15H2,1H3,(H,21,24)(H,22,23). The van der Waals surface area contributed by atoms with Crippen molar-refractivity contribution in [1.82, 2.24) is 5.32 Å². The first-order chi connectivity index (χ1) is 12.9. The number of unbranched alkanes of at least 4 members (excludes halogenated alkanes) is 1. The number of hydrogen-bond acceptors (Lipinski definition) is 4. The average Bonchev–Trinajstić information content (AvgIpc) is 2.68. The molecule has 7 heteroatoms. The van der Waals surface area contributed by atoms with E-state index in [1.54, 1.807) is 42.5 Å². The second-order valence-corrected chi connectivity index (χ2v) is 8.19. The molecular formula is C20H24N2O4S. The van der Waals surface area contributed by atoms with E-state index >= 15 is 0 Å². The lowest BCUT2D eigenvalue weighted by atomic mass is 10.1. The SMILES string of the molecule is CCCCNC(=O)c1ccccc1NC(=O)CCS(=O)(=O)c1ccccc1. The minimum absolute atomic E-state index is 0.188. The molecule has 0 bridgehead atoms. The van der Waals surface area contributed by atoms with E-state index in [9.17, 15) is 18.0 Å². The van der Waals surface area contributed by atoms with Crippen LogP contribution in [0.3, 0.4) is 0 Å². The van der Waals surface area contributed by atoms with E-state index in [1.165, 1.54) is 12.1 Å². The summed E-state index contributed by atoms with van der Waals surface area (Å²) >= 11 is 0. The molecule has 0 saturated heterocycles. The van der Waals surface area contributed by atoms with Gasteiger partial charge in [-0.15, -0.1) is 0 Å². The third kappa shape index (κ3) is 6.21. The Bertz CT molecular complexity index is 880. The van der Waals surface area contributed by atoms with Crippen molar-refractivity contribution in [2.75, 3.05) is 17.6 Å². The van der Waals surface area contributed by atoms with Gasteiger partial charge >= 0.3 is 0 Å². The van der Waals surface area contributed by atoms with Crippen molar-refractivity contribution in [3.63, 3.8) is 0 Å². The number of para-hydroxylation sites is 1. The van der Waals surface area contributed by atoms with Gasteiger partial charge in [0.25, 0.3) is 5.91 Å². The molecule has 2 aromatic rings. The lowest BCUT2D eigenvalue weighted by Crippen LogP contribution is -2.26. The van der Waals surface area contributed by atoms with Crippen LogP contribution >= 0.6 is 0 Å². The average molecular weight is 388 g/mol. The highest BCUT2D eigenvalue weighted by molar-refractivity contribution is 7.91. The van der Waals surface area contributed by atoms with Crippen molar-refractivity contribution in [2.24, 2.45) is 0 Å². The predicted octanol–water partition coefficient (Wildman–Crippen LogP) is 3.02. The van der Waals surface area contributed by atoms with Gasteiger partial charge in [-0.2, -0.15) is 0 Å². The number of amides is 2. The molecule has 0 aliphatic carbocycles. The molecule has 6 nitrogen and oxygen atoms in total. The highest BCUT2D eigenvalue weighted by atomic mass is 32.2. The summed E-state index contributed by atoms with van der Waals surface area (Å²) in [5, 5.41) is 5.45. The van der Waals surface area contributed by atoms with Gasteiger partial charge < -0.3 is 10.6 Å². The molecule has 0 fully saturated rings. The van der Waals surface area contributed by atoms with E-state index in [1.807, 2.05) is 6.92 Å². The summed E-state index contributed by atoms with van der Waals surface area (Å²) in [5.74, 6) is -1.02. The van der Waals surface area contributed by atoms with E-state index in [2.05, 4.69) is 10.6 Å². The molecular weight excluding hydrogens is 364 g/mol. The second kappa shape index (κ2) is 9.87. The van der Waals surface area contributed by atoms with Crippen molar-refractivity contribution in [1.29, 1.82) is 0 Å². The van der Waals surface area contributed by atoms with Crippen LogP contribution in [0.2, 0.25) is 0 Å². The van der Waals surface area contributed by atoms with Crippen LogP contribution in [0.5, 0.6) is 0 Å². The first kappa shape index (κ1) is 20.6. The Labute approximate surface area is 159 Å². The van der Waals surface area contributed by atoms with Gasteiger partial charge in [0.1, 0.15) is 0 Å². The van der Waals surface area contributed by atoms with Gasteiger partial charge in [0, 0.05) is 13.0 Å². The Morgan fingerprint density at radius 1 is 0.963 bits per heavy atom. The highest BCUT2D eigenvalue weighted by Gasteiger charge is 2.17. The lowest BCUT2D eigenvalue weighted by molar-refractivity contribution is -0.115. The Morgan fingerprint density at radius 3 is 2.33 bits per heavy atom. The summed E-state index contributed by atoms with van der Waals surface area (Å²) in [5.41, 5.74) is 0.724. The second-order valence-electron chi connectivity index (χ2n) is 6.09. The maximum atomic E-state index is 12.3. The molecule has 2 amide bonds. The summed E-state index contributed by atoms with van der Waals surface area (Å²) in [7, 11) is -3.53. The summed E-state index contributed by atoms with van der Waals surface area (Å²) in [4.78, 5) is 24.7. The Kier molecular flexibility index (Phi) is 7.55. The van der Waals surface area contributed by atoms with Gasteiger partial charge in [0.05, 0.1) is 21.9 Å². The number of rotatable bonds is 9. The summed E-state index contributed by atoms with van der Waals surface area (Å²) in [6.07, 6.45) is 1.65. The van der Waals surface area contributed by atoms with Crippen LogP contribution in [0.25, 0.3) is 0 Å². The van der Waals surface area contributed by atoms with Crippen molar-refractivity contribution < 1.29 is 18.0 Å². The Morgan fingerprint density at radius 2 is 1.63 bits per heavy atom. The van der Waals surface area contributed by atoms with Crippen LogP contribution in [0.4, 0.5) is 5.69 Å². The molecule has 27 heavy (non-hydrogen) atoms. The van der Waals surface area contributed by atoms with Crippen LogP contribution in [-0.2, 0) is 14.6 Å². The fourth-order valence-corrected chi connectivity index (χ4v) is 3.71. The number of nitrogens with one attached hydrogen (secondary N) is 2. The Hall–Kier alpha value is -2.67. The van der Waals surface area contributed by atoms with Crippen molar-refractivity contribution in [3.8, 4) is 0 Å². The molecule has 0 aliphatic heterocycles. The van der Waals surface area contributed by atoms with Crippen molar-refractivity contribution >= 4 is 27.3 Å². The first-order valence-corrected chi connectivity index (χ1v) is 10.5. The summed E-state index contributed by atoms with van der Waals surface area (Å²) in [6, 6.07) is 14.7. The van der Waals surface area contributed by atoms with E-state index in [0.29, 0.717) is 17.8 Å². The van der Waals surface area contributed by atoms with Gasteiger partial charge in [0.15, 0.2) is 9.84 Å². The van der Waals surface area contributed by atoms with Gasteiger partial charge in [-0.05, 0) is 30.7 Å². The summed E-state index contributed by atoms with van der Waals surface area (Å²) < 4.78 is 24.5. The molecule has 0 spiro atoms. The molecule has 0 aromatic heterocycles. The predicted molar refractivity (Wildman–Crippen MR) is 105 cm³/mol. The minimum atomic E-state index is -3.53. The van der Waals surface area contributed by atoms with E-state index < -0.39 is 15.7 Å². The number of anilines is 1. The zero-order valence-electron chi connectivity index (χ0n) is 15.3. The number of benzene rings is 2. The molecule has 0 heterocycles. The van der Waals surface area contributed by atoms with Crippen LogP contribution in [0.1, 0.15) is 36.5 Å². The van der Waals surface area contributed by atoms with Crippen LogP contribution in [-0.4, -0.2) is 32.5 Å². The maximum absolute atomic E-state index is 12.3. The van der Waals surface area contributed by atoms with E-state index in [-0.39, 0.29) is 23.0 Å². The Balaban J connectivity index is 1.99. The number of hydrogen-bond donors (Lipinski definition) is 2. The highest BCUT2D eigenvalue weighted by Crippen LogP contribution is 2.16. The smallest absolute Gasteiger partial charge is 0.253 e. The molecule has 144 valence electrons. The van der Waals surface area contributed by atoms with Gasteiger partial charge in [-0.3, -0.25) is 9.59 Å². The summed E-state index contributed by atoms with van der Waals surface area (Å²) in [6.45, 7) is 2.59. The van der Waals surface area contributed by atoms with E-state index in [4.69, 9.17) is 0 Å². The van der Waals surface area contributed by atoms with Crippen molar-refractivity contribution in [2.45, 2.75) is 31.1 Å². The largest absolute Gasteiger partial charge is 0.352 e. The lowest BCUT2D eigenvalue weighted by Gasteiger charge is -2.11. The zero-order valence-corrected chi connectivity index (χ0v) is 16.1. The molecule has 0 unspecified atom stereocenters. The van der Waals surface area contributed by atoms with Crippen molar-refractivity contribution in [3.05, 3.63) is 60.2 Å². The third-order valence-electron chi connectivity index (χ3n) is 3.96. The quantitative estimate of drug-likeness (QED) is 0.646. The van der Waals surface area contributed by atoms with Crippen LogP contribution in [0, 0.1) is 0 Å². The molecule has 2 rings (SSSR count). The molecule has 0 aliphatic rings. The number of carbonyl (C=O) groups is 2. The number of carbonyl (C=O) groups excluding carboxylic acids is 2. The molecule has 0 radical (unpaired) electrons. The topological polar surface area (TPSA) is 92.3 Å². The van der Waals surface area contributed by atoms with Gasteiger partial charge in [-0.25, -0.2) is 8.42 Å². The van der Waals surface area contributed by atoms with E-state index in [0.717, 1.165) is 12.8 Å². The third-order valence-corrected chi connectivity index (χ3v) is 5.69. The normalized spacial score (nSPS) is 11.0. The fraction of sp³-hybridized carbons (Fsp3) is 0.300. The maximum Gasteiger partial charge on any atom is 0.253 e. The van der Waals surface area contributed by atoms with Gasteiger partial charge in [0.2, 0.25) is 5.91 Å². The minimum Gasteiger partial charge on any atom is -0.352 e. The fourth-order valence-electron chi connectivity index (χ4n) is 2.45. The van der Waals surface area contributed by atoms with Crippen LogP contribution in [0.15, 0.2) is 59.5 Å². The molecule has 2 N–H and O–H groups in total. The molecule has 0 atom stereocenters.